The van der Waals surface area contributed by atoms with Crippen LogP contribution < -0.4 is 0 Å². The lowest BCUT2D eigenvalue weighted by atomic mass is 9.89. The highest BCUT2D eigenvalue weighted by Gasteiger charge is 2.14. The van der Waals surface area contributed by atoms with Gasteiger partial charge in [0.25, 0.3) is 0 Å². The Morgan fingerprint density at radius 1 is 0.545 bits per heavy atom. The third-order valence-electron chi connectivity index (χ3n) is 7.12. The molecular formula is C32H22O. The third kappa shape index (κ3) is 2.72. The van der Waals surface area contributed by atoms with E-state index in [2.05, 4.69) is 110 Å². The Balaban J connectivity index is 1.45. The summed E-state index contributed by atoms with van der Waals surface area (Å²) in [5.41, 5.74) is 5.91. The highest BCUT2D eigenvalue weighted by Crippen LogP contribution is 2.37. The molecule has 6 aromatic carbocycles. The van der Waals surface area contributed by atoms with Gasteiger partial charge >= 0.3 is 0 Å². The summed E-state index contributed by atoms with van der Waals surface area (Å²) in [7, 11) is 0. The summed E-state index contributed by atoms with van der Waals surface area (Å²) >= 11 is 0. The van der Waals surface area contributed by atoms with Crippen molar-refractivity contribution in [1.29, 1.82) is 0 Å². The van der Waals surface area contributed by atoms with Crippen LogP contribution in [-0.2, 0) is 6.42 Å². The van der Waals surface area contributed by atoms with Gasteiger partial charge in [0.1, 0.15) is 11.2 Å². The van der Waals surface area contributed by atoms with Gasteiger partial charge in [-0.1, -0.05) is 91.0 Å². The maximum absolute atomic E-state index is 6.33. The van der Waals surface area contributed by atoms with E-state index in [0.717, 1.165) is 17.6 Å². The van der Waals surface area contributed by atoms with Gasteiger partial charge in [0.05, 0.1) is 0 Å². The molecule has 0 saturated carbocycles. The van der Waals surface area contributed by atoms with Gasteiger partial charge in [-0.15, -0.1) is 0 Å². The number of hydrogen-bond acceptors (Lipinski definition) is 1. The predicted octanol–water partition coefficient (Wildman–Crippen LogP) is 8.94. The fourth-order valence-corrected chi connectivity index (χ4v) is 5.53. The second-order valence-corrected chi connectivity index (χ2v) is 8.96. The van der Waals surface area contributed by atoms with Crippen molar-refractivity contribution in [3.8, 4) is 0 Å². The SMILES string of the molecule is Cc1c2ccccc2c(Cc2ccc3c(c2)oc2ccc4ccccc4c23)c2ccccc12. The van der Waals surface area contributed by atoms with Gasteiger partial charge in [-0.25, -0.2) is 0 Å². The first kappa shape index (κ1) is 18.5. The van der Waals surface area contributed by atoms with Crippen LogP contribution in [0.1, 0.15) is 16.7 Å². The molecule has 1 aromatic heterocycles. The molecule has 0 unspecified atom stereocenters. The number of furan rings is 1. The van der Waals surface area contributed by atoms with Crippen LogP contribution in [0.3, 0.4) is 0 Å². The molecule has 7 rings (SSSR count). The molecule has 33 heavy (non-hydrogen) atoms. The van der Waals surface area contributed by atoms with E-state index in [-0.39, 0.29) is 0 Å². The summed E-state index contributed by atoms with van der Waals surface area (Å²) in [6.07, 6.45) is 0.870. The maximum atomic E-state index is 6.33. The van der Waals surface area contributed by atoms with Gasteiger partial charge < -0.3 is 4.42 Å². The molecule has 0 N–H and O–H groups in total. The number of rotatable bonds is 2. The average Bonchev–Trinajstić information content (AvgIpc) is 3.25. The lowest BCUT2D eigenvalue weighted by molar-refractivity contribution is 0.668. The Kier molecular flexibility index (Phi) is 3.89. The van der Waals surface area contributed by atoms with Crippen LogP contribution in [0.5, 0.6) is 0 Å². The first-order valence-corrected chi connectivity index (χ1v) is 11.5. The van der Waals surface area contributed by atoms with Crippen LogP contribution in [-0.4, -0.2) is 0 Å². The standard InChI is InChI=1S/C32H22O/c1-20-23-9-4-6-12-26(23)29(27-13-7-5-10-24(20)27)18-21-14-16-28-31(19-21)33-30-17-15-22-8-2-3-11-25(22)32(28)30/h2-17,19H,18H2,1H3. The summed E-state index contributed by atoms with van der Waals surface area (Å²) in [6, 6.07) is 37.1. The fourth-order valence-electron chi connectivity index (χ4n) is 5.53. The minimum Gasteiger partial charge on any atom is -0.456 e. The van der Waals surface area contributed by atoms with Crippen LogP contribution >= 0.6 is 0 Å². The van der Waals surface area contributed by atoms with Crippen LogP contribution in [0.2, 0.25) is 0 Å². The molecule has 7 aromatic rings. The van der Waals surface area contributed by atoms with Crippen LogP contribution in [0.15, 0.2) is 108 Å². The van der Waals surface area contributed by atoms with Crippen LogP contribution in [0.4, 0.5) is 0 Å². The van der Waals surface area contributed by atoms with E-state index in [1.807, 2.05) is 0 Å². The smallest absolute Gasteiger partial charge is 0.136 e. The van der Waals surface area contributed by atoms with Crippen molar-refractivity contribution in [2.24, 2.45) is 0 Å². The number of benzene rings is 6. The Labute approximate surface area is 191 Å². The summed E-state index contributed by atoms with van der Waals surface area (Å²) < 4.78 is 6.33. The van der Waals surface area contributed by atoms with E-state index >= 15 is 0 Å². The molecule has 0 spiro atoms. The van der Waals surface area contributed by atoms with Crippen molar-refractivity contribution >= 4 is 54.3 Å². The van der Waals surface area contributed by atoms with Gasteiger partial charge in [0, 0.05) is 10.8 Å². The van der Waals surface area contributed by atoms with Gasteiger partial charge in [-0.05, 0) is 74.5 Å². The zero-order valence-corrected chi connectivity index (χ0v) is 18.4. The molecule has 0 radical (unpaired) electrons. The Morgan fingerprint density at radius 3 is 1.91 bits per heavy atom. The van der Waals surface area contributed by atoms with Crippen molar-refractivity contribution in [3.05, 3.63) is 120 Å². The summed E-state index contributed by atoms with van der Waals surface area (Å²) in [5.74, 6) is 0. The maximum Gasteiger partial charge on any atom is 0.136 e. The normalized spacial score (nSPS) is 11.9. The second-order valence-electron chi connectivity index (χ2n) is 8.96. The van der Waals surface area contributed by atoms with Gasteiger partial charge in [-0.2, -0.15) is 0 Å². The monoisotopic (exact) mass is 422 g/mol. The predicted molar refractivity (Wildman–Crippen MR) is 140 cm³/mol. The van der Waals surface area contributed by atoms with Gasteiger partial charge in [-0.3, -0.25) is 0 Å². The van der Waals surface area contributed by atoms with Crippen molar-refractivity contribution in [3.63, 3.8) is 0 Å². The quantitative estimate of drug-likeness (QED) is 0.253. The first-order chi connectivity index (χ1) is 16.3. The summed E-state index contributed by atoms with van der Waals surface area (Å²) in [6.45, 7) is 2.24. The minimum atomic E-state index is 0.870. The Bertz CT molecular complexity index is 1800. The van der Waals surface area contributed by atoms with Crippen molar-refractivity contribution < 1.29 is 4.42 Å². The lowest BCUT2D eigenvalue weighted by Crippen LogP contribution is -1.94. The molecule has 1 nitrogen and oxygen atoms in total. The van der Waals surface area contributed by atoms with Gasteiger partial charge in [0.2, 0.25) is 0 Å². The van der Waals surface area contributed by atoms with E-state index in [9.17, 15) is 0 Å². The average molecular weight is 423 g/mol. The summed E-state index contributed by atoms with van der Waals surface area (Å²) in [5, 5.41) is 10.2. The second kappa shape index (κ2) is 6.95. The first-order valence-electron chi connectivity index (χ1n) is 11.5. The molecule has 0 atom stereocenters. The molecule has 0 amide bonds. The molecule has 0 aliphatic rings. The topological polar surface area (TPSA) is 13.1 Å². The highest BCUT2D eigenvalue weighted by molar-refractivity contribution is 6.18. The molecule has 0 aliphatic carbocycles. The highest BCUT2D eigenvalue weighted by atomic mass is 16.3. The zero-order chi connectivity index (χ0) is 21.9. The number of fused-ring (bicyclic) bond motifs is 7. The van der Waals surface area contributed by atoms with E-state index in [4.69, 9.17) is 4.42 Å². The molecular weight excluding hydrogens is 400 g/mol. The number of aryl methyl sites for hydroxylation is 1. The van der Waals surface area contributed by atoms with Gasteiger partial charge in [0.15, 0.2) is 0 Å². The summed E-state index contributed by atoms with van der Waals surface area (Å²) in [4.78, 5) is 0. The Morgan fingerprint density at radius 2 is 1.18 bits per heavy atom. The van der Waals surface area contributed by atoms with Crippen LogP contribution in [0, 0.1) is 6.92 Å². The van der Waals surface area contributed by atoms with Crippen molar-refractivity contribution in [1.82, 2.24) is 0 Å². The lowest BCUT2D eigenvalue weighted by Gasteiger charge is -2.15. The molecule has 1 heteroatoms. The van der Waals surface area contributed by atoms with Crippen molar-refractivity contribution in [2.45, 2.75) is 13.3 Å². The molecule has 0 aliphatic heterocycles. The largest absolute Gasteiger partial charge is 0.456 e. The third-order valence-corrected chi connectivity index (χ3v) is 7.12. The molecule has 156 valence electrons. The molecule has 0 bridgehead atoms. The van der Waals surface area contributed by atoms with Crippen molar-refractivity contribution in [2.75, 3.05) is 0 Å². The van der Waals surface area contributed by atoms with E-state index in [1.54, 1.807) is 0 Å². The van der Waals surface area contributed by atoms with E-state index < -0.39 is 0 Å². The van der Waals surface area contributed by atoms with E-state index in [1.165, 1.54) is 59.8 Å². The fraction of sp³-hybridized carbons (Fsp3) is 0.0625. The zero-order valence-electron chi connectivity index (χ0n) is 18.4. The molecule has 0 fully saturated rings. The Hall–Kier alpha value is -4.10. The minimum absolute atomic E-state index is 0.870. The van der Waals surface area contributed by atoms with Crippen LogP contribution in [0.25, 0.3) is 54.3 Å². The van der Waals surface area contributed by atoms with E-state index in [0.29, 0.717) is 0 Å². The molecule has 1 heterocycles. The number of hydrogen-bond donors (Lipinski definition) is 0. The molecule has 0 saturated heterocycles.